The third-order valence-corrected chi connectivity index (χ3v) is 7.19. The van der Waals surface area contributed by atoms with E-state index in [-0.39, 0.29) is 6.61 Å². The summed E-state index contributed by atoms with van der Waals surface area (Å²) >= 11 is 0. The van der Waals surface area contributed by atoms with Crippen molar-refractivity contribution in [3.63, 3.8) is 0 Å². The first-order valence-corrected chi connectivity index (χ1v) is 8.97. The molecule has 0 aromatic heterocycles. The zero-order valence-corrected chi connectivity index (χ0v) is 15.3. The summed E-state index contributed by atoms with van der Waals surface area (Å²) < 4.78 is 56.3. The number of sulfone groups is 1. The van der Waals surface area contributed by atoms with Crippen molar-refractivity contribution in [2.75, 3.05) is 13.2 Å². The van der Waals surface area contributed by atoms with Gasteiger partial charge in [-0.1, -0.05) is 0 Å². The molecule has 2 fully saturated rings. The summed E-state index contributed by atoms with van der Waals surface area (Å²) in [5.41, 5.74) is -4.85. The minimum atomic E-state index is -4.37. The highest BCUT2D eigenvalue weighted by Gasteiger charge is 2.77. The second-order valence-electron chi connectivity index (χ2n) is 8.19. The molecular weight excluding hydrogens is 321 g/mol. The molecule has 0 N–H and O–H groups in total. The van der Waals surface area contributed by atoms with Crippen LogP contribution >= 0.6 is 0 Å². The van der Waals surface area contributed by atoms with E-state index in [9.17, 15) is 8.42 Å². The van der Waals surface area contributed by atoms with Crippen LogP contribution in [-0.2, 0) is 24.0 Å². The van der Waals surface area contributed by atoms with Crippen LogP contribution in [0.4, 0.5) is 4.39 Å². The van der Waals surface area contributed by atoms with Crippen LogP contribution in [0.15, 0.2) is 0 Å². The number of rotatable bonds is 2. The molecule has 0 aromatic carbocycles. The van der Waals surface area contributed by atoms with Gasteiger partial charge in [-0.2, -0.15) is 0 Å². The summed E-state index contributed by atoms with van der Waals surface area (Å²) in [6.07, 6.45) is -0.889. The molecule has 2 unspecified atom stereocenters. The number of hydrogen-bond acceptors (Lipinski definition) is 5. The monoisotopic (exact) mass is 344 g/mol. The predicted molar refractivity (Wildman–Crippen MR) is 86.0 cm³/mol. The molecule has 23 heavy (non-hydrogen) atoms. The van der Waals surface area contributed by atoms with Crippen molar-refractivity contribution in [1.82, 2.24) is 0 Å². The maximum Gasteiger partial charge on any atom is 0.255 e. The third-order valence-electron chi connectivity index (χ3n) is 4.30. The second-order valence-corrected chi connectivity index (χ2v) is 11.1. The Balaban J connectivity index is 2.49. The van der Waals surface area contributed by atoms with Crippen molar-refractivity contribution in [2.24, 2.45) is 0 Å². The third kappa shape index (κ3) is 2.41. The molecule has 2 saturated heterocycles. The molecule has 0 saturated carbocycles. The smallest absolute Gasteiger partial charge is 0.255 e. The predicted octanol–water partition coefficient (Wildman–Crippen LogP) is 0.839. The Morgan fingerprint density at radius 3 is 2.09 bits per heavy atom. The first kappa shape index (κ1) is 19.2. The molecule has 2 aliphatic rings. The van der Waals surface area contributed by atoms with E-state index < -0.39 is 48.9 Å². The van der Waals surface area contributed by atoms with Gasteiger partial charge in [0.25, 0.3) is 5.00 Å². The Kier molecular flexibility index (Phi) is 4.14. The van der Waals surface area contributed by atoms with E-state index in [1.807, 2.05) is 0 Å². The Morgan fingerprint density at radius 2 is 1.65 bits per heavy atom. The van der Waals surface area contributed by atoms with Gasteiger partial charge in [0.2, 0.25) is 0 Å². The molecule has 0 aliphatic carbocycles. The van der Waals surface area contributed by atoms with Gasteiger partial charge in [-0.05, 0) is 41.5 Å². The van der Waals surface area contributed by atoms with E-state index in [1.165, 1.54) is 20.8 Å². The van der Waals surface area contributed by atoms with Gasteiger partial charge in [-0.25, -0.2) is 12.8 Å². The van der Waals surface area contributed by atoms with Crippen LogP contribution in [-0.4, -0.2) is 69.8 Å². The van der Waals surface area contributed by atoms with Crippen molar-refractivity contribution in [1.29, 1.82) is 0 Å². The van der Waals surface area contributed by atoms with E-state index >= 15 is 4.39 Å². The summed E-state index contributed by atoms with van der Waals surface area (Å²) in [6, 6.07) is 0. The summed E-state index contributed by atoms with van der Waals surface area (Å²) in [4.78, 5) is 0. The average molecular weight is 344 g/mol. The van der Waals surface area contributed by atoms with Crippen molar-refractivity contribution in [2.45, 2.75) is 74.0 Å². The number of halogens is 1. The standard InChI is InChI=1S/C14H23B2FO5S/c1-10(2,3)22-9-7-20-14(16)12(17,8-21-13(9,14)15)23(18,19)11(4,5)6/h9H,7-8H2,1-6H3/t9?,12?,13-,14-/m1/s1. The molecule has 0 aromatic rings. The molecule has 5 nitrogen and oxygen atoms in total. The minimum absolute atomic E-state index is 0.157. The van der Waals surface area contributed by atoms with Gasteiger partial charge in [0, 0.05) is 0 Å². The van der Waals surface area contributed by atoms with Crippen LogP contribution in [0.3, 0.4) is 0 Å². The normalized spacial score (nSPS) is 42.0. The lowest BCUT2D eigenvalue weighted by Crippen LogP contribution is -2.67. The quantitative estimate of drug-likeness (QED) is 0.695. The Bertz CT molecular complexity index is 599. The lowest BCUT2D eigenvalue weighted by atomic mass is 9.57. The van der Waals surface area contributed by atoms with Gasteiger partial charge >= 0.3 is 0 Å². The zero-order chi connectivity index (χ0) is 18.1. The molecule has 9 heteroatoms. The van der Waals surface area contributed by atoms with Crippen molar-refractivity contribution >= 4 is 25.5 Å². The first-order valence-electron chi connectivity index (χ1n) is 7.48. The molecule has 2 heterocycles. The Morgan fingerprint density at radius 1 is 1.13 bits per heavy atom. The molecule has 0 bridgehead atoms. The Hall–Kier alpha value is -0.110. The van der Waals surface area contributed by atoms with Crippen molar-refractivity contribution in [3.05, 3.63) is 0 Å². The fourth-order valence-corrected chi connectivity index (χ4v) is 4.72. The summed E-state index contributed by atoms with van der Waals surface area (Å²) in [6.45, 7) is 8.58. The lowest BCUT2D eigenvalue weighted by Gasteiger charge is -2.43. The van der Waals surface area contributed by atoms with Crippen molar-refractivity contribution < 1.29 is 27.0 Å². The van der Waals surface area contributed by atoms with E-state index in [1.54, 1.807) is 20.8 Å². The van der Waals surface area contributed by atoms with Gasteiger partial charge in [0.05, 0.1) is 34.6 Å². The highest BCUT2D eigenvalue weighted by Crippen LogP contribution is 2.55. The highest BCUT2D eigenvalue weighted by atomic mass is 32.2. The van der Waals surface area contributed by atoms with Gasteiger partial charge in [0.1, 0.15) is 21.8 Å². The van der Waals surface area contributed by atoms with E-state index in [2.05, 4.69) is 0 Å². The summed E-state index contributed by atoms with van der Waals surface area (Å²) in [5, 5.41) is -2.97. The molecule has 0 spiro atoms. The fraction of sp³-hybridized carbons (Fsp3) is 1.00. The number of alkyl halides is 1. The van der Waals surface area contributed by atoms with Gasteiger partial charge in [-0.3, -0.25) is 0 Å². The number of ether oxygens (including phenoxy) is 3. The lowest BCUT2D eigenvalue weighted by molar-refractivity contribution is -0.118. The molecule has 4 atom stereocenters. The molecular formula is C14H23B2FO5S. The maximum atomic E-state index is 15.7. The highest BCUT2D eigenvalue weighted by molar-refractivity contribution is 7.94. The number of hydrogen-bond donors (Lipinski definition) is 0. The van der Waals surface area contributed by atoms with Crippen LogP contribution in [0, 0.1) is 0 Å². The van der Waals surface area contributed by atoms with E-state index in [0.717, 1.165) is 0 Å². The van der Waals surface area contributed by atoms with Crippen LogP contribution in [0.25, 0.3) is 0 Å². The molecule has 128 valence electrons. The van der Waals surface area contributed by atoms with Crippen molar-refractivity contribution in [3.8, 4) is 0 Å². The molecule has 2 rings (SSSR count). The summed E-state index contributed by atoms with van der Waals surface area (Å²) in [5.74, 6) is 0. The molecule has 4 radical (unpaired) electrons. The van der Waals surface area contributed by atoms with Gasteiger partial charge in [0.15, 0.2) is 9.84 Å². The topological polar surface area (TPSA) is 61.8 Å². The van der Waals surface area contributed by atoms with Crippen LogP contribution in [0.1, 0.15) is 41.5 Å². The first-order chi connectivity index (χ1) is 10.0. The van der Waals surface area contributed by atoms with Gasteiger partial charge in [-0.15, -0.1) is 0 Å². The maximum absolute atomic E-state index is 15.7. The second kappa shape index (κ2) is 4.96. The van der Waals surface area contributed by atoms with Crippen LogP contribution < -0.4 is 0 Å². The fourth-order valence-electron chi connectivity index (χ4n) is 2.91. The molecule has 2 aliphatic heterocycles. The molecule has 0 amide bonds. The Labute approximate surface area is 140 Å². The van der Waals surface area contributed by atoms with E-state index in [4.69, 9.17) is 29.9 Å². The van der Waals surface area contributed by atoms with Gasteiger partial charge < -0.3 is 14.2 Å². The van der Waals surface area contributed by atoms with Crippen LogP contribution in [0.5, 0.6) is 0 Å². The number of fused-ring (bicyclic) bond motifs is 1. The largest absolute Gasteiger partial charge is 0.375 e. The van der Waals surface area contributed by atoms with E-state index in [0.29, 0.717) is 0 Å². The average Bonchev–Trinajstić information content (AvgIpc) is 2.70. The van der Waals surface area contributed by atoms with Crippen LogP contribution in [0.2, 0.25) is 0 Å². The minimum Gasteiger partial charge on any atom is -0.375 e. The zero-order valence-electron chi connectivity index (χ0n) is 14.5. The summed E-state index contributed by atoms with van der Waals surface area (Å²) in [7, 11) is 7.86. The SMILES string of the molecule is [B][C@]12OCC(F)(S(=O)(=O)C(C)(C)C)[C@@]1([B])OCC2OC(C)(C)C.